The summed E-state index contributed by atoms with van der Waals surface area (Å²) in [5, 5.41) is 8.91. The molecule has 6 nitrogen and oxygen atoms in total. The number of hydrogen-bond donors (Lipinski definition) is 2. The highest BCUT2D eigenvalue weighted by Gasteiger charge is 2.19. The van der Waals surface area contributed by atoms with Gasteiger partial charge in [0.2, 0.25) is 0 Å². The lowest BCUT2D eigenvalue weighted by molar-refractivity contribution is 0.0692. The van der Waals surface area contributed by atoms with Gasteiger partial charge in [-0.2, -0.15) is 0 Å². The van der Waals surface area contributed by atoms with Crippen molar-refractivity contribution in [3.63, 3.8) is 0 Å². The summed E-state index contributed by atoms with van der Waals surface area (Å²) in [7, 11) is 2.60. The van der Waals surface area contributed by atoms with Crippen molar-refractivity contribution < 1.29 is 28.1 Å². The van der Waals surface area contributed by atoms with Gasteiger partial charge in [-0.3, -0.25) is 0 Å². The Morgan fingerprint density at radius 3 is 2.31 bits per heavy atom. The lowest BCUT2D eigenvalue weighted by Crippen LogP contribution is -2.04. The summed E-state index contributed by atoms with van der Waals surface area (Å²) < 4.78 is 29.5. The minimum absolute atomic E-state index is 0.0178. The van der Waals surface area contributed by atoms with Crippen molar-refractivity contribution in [2.45, 2.75) is 4.90 Å². The zero-order chi connectivity index (χ0) is 12.3. The first-order valence-corrected chi connectivity index (χ1v) is 5.22. The first-order chi connectivity index (χ1) is 7.51. The summed E-state index contributed by atoms with van der Waals surface area (Å²) in [6.07, 6.45) is 0. The highest BCUT2D eigenvalue weighted by Crippen LogP contribution is 2.33. The van der Waals surface area contributed by atoms with Crippen LogP contribution in [-0.2, 0) is 11.1 Å². The predicted octanol–water partition coefficient (Wildman–Crippen LogP) is 0.983. The fourth-order valence-electron chi connectivity index (χ4n) is 1.20. The average Bonchev–Trinajstić information content (AvgIpc) is 2.26. The van der Waals surface area contributed by atoms with E-state index in [1.807, 2.05) is 0 Å². The molecule has 2 N–H and O–H groups in total. The molecule has 0 bridgehead atoms. The van der Waals surface area contributed by atoms with Crippen molar-refractivity contribution in [3.8, 4) is 11.5 Å². The third kappa shape index (κ3) is 2.31. The molecule has 0 fully saturated rings. The van der Waals surface area contributed by atoms with Crippen LogP contribution in [0.2, 0.25) is 0 Å². The van der Waals surface area contributed by atoms with Crippen molar-refractivity contribution in [1.29, 1.82) is 0 Å². The zero-order valence-electron chi connectivity index (χ0n) is 8.59. The highest BCUT2D eigenvalue weighted by molar-refractivity contribution is 7.79. The van der Waals surface area contributed by atoms with Gasteiger partial charge in [0.25, 0.3) is 0 Å². The predicted molar refractivity (Wildman–Crippen MR) is 55.5 cm³/mol. The molecule has 88 valence electrons. The fraction of sp³-hybridized carbons (Fsp3) is 0.222. The molecule has 0 aliphatic heterocycles. The first kappa shape index (κ1) is 12.5. The molecule has 1 aromatic carbocycles. The van der Waals surface area contributed by atoms with Gasteiger partial charge in [-0.25, -0.2) is 9.00 Å². The first-order valence-electron chi connectivity index (χ1n) is 4.11. The lowest BCUT2D eigenvalue weighted by atomic mass is 10.2. The standard InChI is InChI=1S/C9H10O6S/c1-14-7-4-5(16(12)13)3-6(9(10)11)8(7)15-2/h3-4H,1-2H3,(H,10,11)(H,12,13). The molecule has 0 radical (unpaired) electrons. The fourth-order valence-corrected chi connectivity index (χ4v) is 1.63. The number of carbonyl (C=O) groups is 1. The molecule has 0 saturated carbocycles. The number of methoxy groups -OCH3 is 2. The second-order valence-electron chi connectivity index (χ2n) is 2.76. The van der Waals surface area contributed by atoms with Crippen molar-refractivity contribution >= 4 is 17.0 Å². The van der Waals surface area contributed by atoms with Gasteiger partial charge in [0, 0.05) is 6.07 Å². The third-order valence-electron chi connectivity index (χ3n) is 1.88. The molecule has 1 atom stereocenters. The van der Waals surface area contributed by atoms with Crippen LogP contribution in [0.25, 0.3) is 0 Å². The minimum Gasteiger partial charge on any atom is -0.493 e. The van der Waals surface area contributed by atoms with E-state index in [2.05, 4.69) is 0 Å². The van der Waals surface area contributed by atoms with E-state index in [0.717, 1.165) is 6.07 Å². The molecule has 0 aromatic heterocycles. The lowest BCUT2D eigenvalue weighted by Gasteiger charge is -2.11. The summed E-state index contributed by atoms with van der Waals surface area (Å²) in [4.78, 5) is 10.8. The summed E-state index contributed by atoms with van der Waals surface area (Å²) in [6.45, 7) is 0. The third-order valence-corrected chi connectivity index (χ3v) is 2.52. The van der Waals surface area contributed by atoms with Gasteiger partial charge in [-0.1, -0.05) is 0 Å². The topological polar surface area (TPSA) is 93.1 Å². The SMILES string of the molecule is COc1cc(S(=O)O)cc(C(=O)O)c1OC. The maximum absolute atomic E-state index is 10.9. The molecular weight excluding hydrogens is 236 g/mol. The second kappa shape index (κ2) is 4.95. The van der Waals surface area contributed by atoms with Crippen LogP contribution in [0.5, 0.6) is 11.5 Å². The van der Waals surface area contributed by atoms with Crippen LogP contribution in [0.15, 0.2) is 17.0 Å². The monoisotopic (exact) mass is 246 g/mol. The summed E-state index contributed by atoms with van der Waals surface area (Å²) in [6, 6.07) is 2.32. The number of benzene rings is 1. The van der Waals surface area contributed by atoms with E-state index in [0.29, 0.717) is 0 Å². The Hall–Kier alpha value is -1.60. The highest BCUT2D eigenvalue weighted by atomic mass is 32.2. The van der Waals surface area contributed by atoms with E-state index in [4.69, 9.17) is 19.1 Å². The van der Waals surface area contributed by atoms with Crippen molar-refractivity contribution in [2.75, 3.05) is 14.2 Å². The van der Waals surface area contributed by atoms with Gasteiger partial charge in [0.05, 0.1) is 19.1 Å². The molecule has 0 amide bonds. The summed E-state index contributed by atoms with van der Waals surface area (Å²) >= 11 is -2.28. The average molecular weight is 246 g/mol. The van der Waals surface area contributed by atoms with E-state index in [1.165, 1.54) is 20.3 Å². The molecule has 1 rings (SSSR count). The Labute approximate surface area is 94.1 Å². The molecule has 1 unspecified atom stereocenters. The smallest absolute Gasteiger partial charge is 0.339 e. The Bertz CT molecular complexity index is 442. The van der Waals surface area contributed by atoms with Gasteiger partial charge in [0.1, 0.15) is 5.56 Å². The van der Waals surface area contributed by atoms with Crippen LogP contribution in [0.4, 0.5) is 0 Å². The van der Waals surface area contributed by atoms with Gasteiger partial charge in [-0.05, 0) is 6.07 Å². The van der Waals surface area contributed by atoms with Crippen LogP contribution in [-0.4, -0.2) is 34.1 Å². The second-order valence-corrected chi connectivity index (χ2v) is 3.73. The van der Waals surface area contributed by atoms with E-state index < -0.39 is 17.0 Å². The number of hydrogen-bond acceptors (Lipinski definition) is 4. The van der Waals surface area contributed by atoms with Crippen molar-refractivity contribution in [1.82, 2.24) is 0 Å². The Morgan fingerprint density at radius 2 is 1.94 bits per heavy atom. The van der Waals surface area contributed by atoms with Gasteiger partial charge < -0.3 is 19.1 Å². The number of carboxylic acids is 1. The minimum atomic E-state index is -2.28. The van der Waals surface area contributed by atoms with Crippen molar-refractivity contribution in [3.05, 3.63) is 17.7 Å². The van der Waals surface area contributed by atoms with Crippen LogP contribution >= 0.6 is 0 Å². The summed E-state index contributed by atoms with van der Waals surface area (Å²) in [5.74, 6) is -1.15. The molecule has 0 aliphatic rings. The van der Waals surface area contributed by atoms with E-state index in [-0.39, 0.29) is 22.0 Å². The van der Waals surface area contributed by atoms with E-state index >= 15 is 0 Å². The van der Waals surface area contributed by atoms with Gasteiger partial charge in [0.15, 0.2) is 22.6 Å². The molecule has 7 heteroatoms. The molecule has 1 aromatic rings. The number of rotatable bonds is 4. The quantitative estimate of drug-likeness (QED) is 0.769. The Morgan fingerprint density at radius 1 is 1.31 bits per heavy atom. The number of aromatic carboxylic acids is 1. The largest absolute Gasteiger partial charge is 0.493 e. The van der Waals surface area contributed by atoms with E-state index in [1.54, 1.807) is 0 Å². The molecular formula is C9H10O6S. The van der Waals surface area contributed by atoms with Crippen LogP contribution in [0.1, 0.15) is 10.4 Å². The summed E-state index contributed by atoms with van der Waals surface area (Å²) in [5.41, 5.74) is -0.223. The van der Waals surface area contributed by atoms with Gasteiger partial charge >= 0.3 is 5.97 Å². The number of carboxylic acid groups (broad SMARTS) is 1. The van der Waals surface area contributed by atoms with E-state index in [9.17, 15) is 9.00 Å². The van der Waals surface area contributed by atoms with Crippen LogP contribution < -0.4 is 9.47 Å². The van der Waals surface area contributed by atoms with Crippen LogP contribution in [0, 0.1) is 0 Å². The molecule has 16 heavy (non-hydrogen) atoms. The maximum atomic E-state index is 10.9. The number of ether oxygens (including phenoxy) is 2. The van der Waals surface area contributed by atoms with Gasteiger partial charge in [-0.15, -0.1) is 0 Å². The Balaban J connectivity index is 3.49. The van der Waals surface area contributed by atoms with Crippen LogP contribution in [0.3, 0.4) is 0 Å². The van der Waals surface area contributed by atoms with Crippen molar-refractivity contribution in [2.24, 2.45) is 0 Å². The molecule has 0 spiro atoms. The zero-order valence-corrected chi connectivity index (χ0v) is 9.41. The Kier molecular flexibility index (Phi) is 3.86. The normalized spacial score (nSPS) is 11.9. The molecule has 0 heterocycles. The maximum Gasteiger partial charge on any atom is 0.339 e. The molecule has 0 aliphatic carbocycles. The molecule has 0 saturated heterocycles.